The van der Waals surface area contributed by atoms with Crippen LogP contribution in [-0.4, -0.2) is 35.8 Å². The quantitative estimate of drug-likeness (QED) is 0.173. The third-order valence-corrected chi connectivity index (χ3v) is 6.06. The molecular formula is C34H40N2O6. The van der Waals surface area contributed by atoms with Crippen molar-refractivity contribution in [3.8, 4) is 23.7 Å². The highest BCUT2D eigenvalue weighted by Crippen LogP contribution is 2.05. The Balaban J connectivity index is 1.46. The lowest BCUT2D eigenvalue weighted by molar-refractivity contribution is -0.149. The number of amides is 2. The van der Waals surface area contributed by atoms with Gasteiger partial charge in [0.15, 0.2) is 0 Å². The second-order valence-electron chi connectivity index (χ2n) is 9.78. The molecular weight excluding hydrogens is 532 g/mol. The molecule has 0 heterocycles. The number of benzene rings is 2. The van der Waals surface area contributed by atoms with Crippen molar-refractivity contribution in [1.29, 1.82) is 0 Å². The average Bonchev–Trinajstić information content (AvgIpc) is 3.00. The Morgan fingerprint density at radius 2 is 1.00 bits per heavy atom. The summed E-state index contributed by atoms with van der Waals surface area (Å²) in [6.07, 6.45) is 4.70. The Kier molecular flexibility index (Phi) is 16.3. The van der Waals surface area contributed by atoms with E-state index in [1.807, 2.05) is 60.7 Å². The summed E-state index contributed by atoms with van der Waals surface area (Å²) in [5, 5.41) is 5.33. The largest absolute Gasteiger partial charge is 0.459 e. The monoisotopic (exact) mass is 572 g/mol. The van der Waals surface area contributed by atoms with Crippen LogP contribution in [-0.2, 0) is 41.9 Å². The van der Waals surface area contributed by atoms with E-state index in [-0.39, 0.29) is 25.0 Å². The fourth-order valence-corrected chi connectivity index (χ4v) is 3.66. The van der Waals surface area contributed by atoms with Crippen molar-refractivity contribution in [3.05, 3.63) is 71.8 Å². The molecule has 2 unspecified atom stereocenters. The lowest BCUT2D eigenvalue weighted by Gasteiger charge is -2.13. The van der Waals surface area contributed by atoms with Gasteiger partial charge in [0, 0.05) is 25.7 Å². The maximum atomic E-state index is 12.1. The molecule has 0 aromatic heterocycles. The molecule has 0 fully saturated rings. The topological polar surface area (TPSA) is 111 Å². The van der Waals surface area contributed by atoms with Crippen LogP contribution in [0.1, 0.15) is 76.3 Å². The number of hydrogen-bond donors (Lipinski definition) is 2. The van der Waals surface area contributed by atoms with Crippen LogP contribution in [0, 0.1) is 23.7 Å². The highest BCUT2D eigenvalue weighted by molar-refractivity contribution is 5.84. The van der Waals surface area contributed by atoms with Crippen molar-refractivity contribution in [2.45, 2.75) is 90.5 Å². The Hall–Kier alpha value is -4.56. The van der Waals surface area contributed by atoms with Crippen LogP contribution in [0.25, 0.3) is 0 Å². The van der Waals surface area contributed by atoms with Crippen LogP contribution in [0.4, 0.5) is 0 Å². The molecule has 8 nitrogen and oxygen atoms in total. The van der Waals surface area contributed by atoms with Gasteiger partial charge in [-0.15, -0.1) is 0 Å². The van der Waals surface area contributed by atoms with E-state index in [4.69, 9.17) is 9.47 Å². The van der Waals surface area contributed by atoms with E-state index in [1.54, 1.807) is 13.8 Å². The molecule has 0 radical (unpaired) electrons. The number of nitrogens with one attached hydrogen (secondary N) is 2. The van der Waals surface area contributed by atoms with Crippen molar-refractivity contribution >= 4 is 23.8 Å². The molecule has 8 heteroatoms. The third kappa shape index (κ3) is 15.3. The van der Waals surface area contributed by atoms with Crippen molar-refractivity contribution < 1.29 is 28.7 Å². The molecule has 2 aromatic carbocycles. The molecule has 222 valence electrons. The Labute approximate surface area is 248 Å². The molecule has 2 amide bonds. The van der Waals surface area contributed by atoms with Crippen molar-refractivity contribution in [2.75, 3.05) is 0 Å². The van der Waals surface area contributed by atoms with Crippen LogP contribution < -0.4 is 10.6 Å². The third-order valence-electron chi connectivity index (χ3n) is 6.06. The second kappa shape index (κ2) is 20.3. The van der Waals surface area contributed by atoms with E-state index in [0.717, 1.165) is 24.0 Å². The molecule has 0 spiro atoms. The number of carbonyl (C=O) groups is 4. The minimum Gasteiger partial charge on any atom is -0.459 e. The fraction of sp³-hybridized carbons (Fsp3) is 0.412. The van der Waals surface area contributed by atoms with Gasteiger partial charge in [0.2, 0.25) is 11.8 Å². The molecule has 0 saturated carbocycles. The van der Waals surface area contributed by atoms with E-state index in [0.29, 0.717) is 38.5 Å². The van der Waals surface area contributed by atoms with E-state index in [9.17, 15) is 19.2 Å². The summed E-state index contributed by atoms with van der Waals surface area (Å²) in [6, 6.07) is 17.3. The van der Waals surface area contributed by atoms with E-state index < -0.39 is 24.0 Å². The van der Waals surface area contributed by atoms with Gasteiger partial charge in [-0.1, -0.05) is 72.5 Å². The van der Waals surface area contributed by atoms with Gasteiger partial charge < -0.3 is 20.1 Å². The first-order valence-corrected chi connectivity index (χ1v) is 14.3. The minimum absolute atomic E-state index is 0.174. The van der Waals surface area contributed by atoms with Crippen LogP contribution in [0.2, 0.25) is 0 Å². The van der Waals surface area contributed by atoms with Crippen LogP contribution in [0.5, 0.6) is 0 Å². The Morgan fingerprint density at radius 1 is 0.619 bits per heavy atom. The number of rotatable bonds is 16. The average molecular weight is 573 g/mol. The number of hydrogen-bond acceptors (Lipinski definition) is 6. The highest BCUT2D eigenvalue weighted by atomic mass is 16.5. The van der Waals surface area contributed by atoms with E-state index in [2.05, 4.69) is 34.3 Å². The molecule has 2 atom stereocenters. The van der Waals surface area contributed by atoms with Crippen LogP contribution in [0.15, 0.2) is 60.7 Å². The first kappa shape index (κ1) is 33.6. The van der Waals surface area contributed by atoms with Gasteiger partial charge in [0.1, 0.15) is 25.3 Å². The molecule has 2 N–H and O–H groups in total. The maximum absolute atomic E-state index is 12.1. The van der Waals surface area contributed by atoms with E-state index in [1.165, 1.54) is 0 Å². The summed E-state index contributed by atoms with van der Waals surface area (Å²) in [7, 11) is 0. The smallest absolute Gasteiger partial charge is 0.328 e. The van der Waals surface area contributed by atoms with Crippen molar-refractivity contribution in [3.63, 3.8) is 0 Å². The van der Waals surface area contributed by atoms with Gasteiger partial charge in [0.25, 0.3) is 0 Å². The summed E-state index contributed by atoms with van der Waals surface area (Å²) >= 11 is 0. The van der Waals surface area contributed by atoms with E-state index >= 15 is 0 Å². The zero-order valence-corrected chi connectivity index (χ0v) is 24.4. The zero-order valence-electron chi connectivity index (χ0n) is 24.4. The number of esters is 2. The summed E-state index contributed by atoms with van der Waals surface area (Å²) in [4.78, 5) is 48.3. The SMILES string of the molecule is CC(NC(=O)CCCCC#CC#CCCCCC(=O)NC(C)C(=O)OCc1ccccc1)C(=O)OCc1ccccc1. The molecule has 2 aromatic rings. The van der Waals surface area contributed by atoms with Gasteiger partial charge >= 0.3 is 11.9 Å². The lowest BCUT2D eigenvalue weighted by Crippen LogP contribution is -2.39. The normalized spacial score (nSPS) is 11.4. The standard InChI is InChI=1S/C34H40N2O6/c1-27(33(39)41-25-29-19-13-11-14-20-29)35-31(37)23-17-9-7-5-3-4-6-8-10-18-24-32(38)36-28(2)34(40)42-26-30-21-15-12-16-22-30/h11-16,19-22,27-28H,7-10,17-18,23-26H2,1-2H3,(H,35,37)(H,36,38). The van der Waals surface area contributed by atoms with Crippen molar-refractivity contribution in [1.82, 2.24) is 10.6 Å². The van der Waals surface area contributed by atoms with Gasteiger partial charge in [-0.25, -0.2) is 9.59 Å². The Morgan fingerprint density at radius 3 is 1.38 bits per heavy atom. The zero-order chi connectivity index (χ0) is 30.4. The molecule has 0 aliphatic rings. The summed E-state index contributed by atoms with van der Waals surface area (Å²) in [5.41, 5.74) is 1.78. The molecule has 42 heavy (non-hydrogen) atoms. The molecule has 0 aliphatic carbocycles. The highest BCUT2D eigenvalue weighted by Gasteiger charge is 2.17. The number of carbonyl (C=O) groups excluding carboxylic acids is 4. The summed E-state index contributed by atoms with van der Waals surface area (Å²) in [5.74, 6) is 10.2. The van der Waals surface area contributed by atoms with Crippen LogP contribution in [0.3, 0.4) is 0 Å². The van der Waals surface area contributed by atoms with Gasteiger partial charge in [0.05, 0.1) is 0 Å². The van der Waals surface area contributed by atoms with Crippen LogP contribution >= 0.6 is 0 Å². The summed E-state index contributed by atoms with van der Waals surface area (Å²) in [6.45, 7) is 3.57. The molecule has 0 saturated heterocycles. The summed E-state index contributed by atoms with van der Waals surface area (Å²) < 4.78 is 10.5. The maximum Gasteiger partial charge on any atom is 0.328 e. The number of unbranched alkanes of at least 4 members (excludes halogenated alkanes) is 4. The minimum atomic E-state index is -0.705. The predicted octanol–water partition coefficient (Wildman–Crippen LogP) is 4.61. The molecule has 2 rings (SSSR count). The molecule has 0 bridgehead atoms. The second-order valence-corrected chi connectivity index (χ2v) is 9.78. The first-order valence-electron chi connectivity index (χ1n) is 14.3. The van der Waals surface area contributed by atoms with Crippen molar-refractivity contribution in [2.24, 2.45) is 0 Å². The number of ether oxygens (including phenoxy) is 2. The van der Waals surface area contributed by atoms with Gasteiger partial charge in [-0.3, -0.25) is 9.59 Å². The Bertz CT molecular complexity index is 1160. The first-order chi connectivity index (χ1) is 20.3. The molecule has 0 aliphatic heterocycles. The van der Waals surface area contributed by atoms with Gasteiger partial charge in [-0.2, -0.15) is 0 Å². The fourth-order valence-electron chi connectivity index (χ4n) is 3.66. The predicted molar refractivity (Wildman–Crippen MR) is 160 cm³/mol. The lowest BCUT2D eigenvalue weighted by atomic mass is 10.1. The van der Waals surface area contributed by atoms with Gasteiger partial charge in [-0.05, 0) is 62.5 Å².